The second kappa shape index (κ2) is 9.89. The molecule has 0 atom stereocenters. The van der Waals surface area contributed by atoms with Crippen LogP contribution in [-0.2, 0) is 22.6 Å². The zero-order chi connectivity index (χ0) is 22.6. The highest BCUT2D eigenvalue weighted by Crippen LogP contribution is 2.22. The fraction of sp³-hybridized carbons (Fsp3) is 0.348. The molecule has 164 valence electrons. The highest BCUT2D eigenvalue weighted by molar-refractivity contribution is 9.10. The van der Waals surface area contributed by atoms with E-state index in [9.17, 15) is 9.59 Å². The predicted octanol–water partition coefficient (Wildman–Crippen LogP) is 4.85. The summed E-state index contributed by atoms with van der Waals surface area (Å²) < 4.78 is 12.7. The Kier molecular flexibility index (Phi) is 7.45. The second-order valence-electron chi connectivity index (χ2n) is 8.63. The van der Waals surface area contributed by atoms with Gasteiger partial charge in [0, 0.05) is 31.0 Å². The molecular formula is C23H27BrN2O4Si. The third-order valence-electron chi connectivity index (χ3n) is 4.96. The molecule has 1 heterocycles. The number of esters is 1. The van der Waals surface area contributed by atoms with E-state index in [1.807, 2.05) is 36.4 Å². The van der Waals surface area contributed by atoms with Crippen molar-refractivity contribution in [2.75, 3.05) is 13.7 Å². The van der Waals surface area contributed by atoms with Crippen LogP contribution in [0, 0.1) is 0 Å². The van der Waals surface area contributed by atoms with Gasteiger partial charge in [-0.05, 0) is 45.7 Å². The molecule has 2 aromatic carbocycles. The molecule has 0 saturated heterocycles. The molecule has 8 heteroatoms. The number of ether oxygens (including phenoxy) is 2. The van der Waals surface area contributed by atoms with Gasteiger partial charge in [-0.2, -0.15) is 5.10 Å². The van der Waals surface area contributed by atoms with Gasteiger partial charge in [-0.1, -0.05) is 43.9 Å². The van der Waals surface area contributed by atoms with Gasteiger partial charge >= 0.3 is 5.97 Å². The van der Waals surface area contributed by atoms with Crippen LogP contribution in [0.3, 0.4) is 0 Å². The van der Waals surface area contributed by atoms with E-state index < -0.39 is 14.0 Å². The summed E-state index contributed by atoms with van der Waals surface area (Å²) in [5.74, 6) is -0.410. The third-order valence-corrected chi connectivity index (χ3v) is 7.36. The highest BCUT2D eigenvalue weighted by atomic mass is 79.9. The molecule has 0 aliphatic heterocycles. The van der Waals surface area contributed by atoms with Crippen molar-refractivity contribution in [1.29, 1.82) is 0 Å². The number of carbonyl (C=O) groups is 1. The molecule has 0 aliphatic rings. The van der Waals surface area contributed by atoms with Crippen molar-refractivity contribution in [2.45, 2.75) is 38.8 Å². The number of hydrogen-bond acceptors (Lipinski definition) is 5. The number of methoxy groups -OCH3 is 1. The van der Waals surface area contributed by atoms with Gasteiger partial charge in [-0.25, -0.2) is 9.48 Å². The summed E-state index contributed by atoms with van der Waals surface area (Å²) in [4.78, 5) is 25.0. The van der Waals surface area contributed by atoms with E-state index in [1.54, 1.807) is 6.07 Å². The van der Waals surface area contributed by atoms with Crippen LogP contribution in [0.5, 0.6) is 0 Å². The Morgan fingerprint density at radius 1 is 1.13 bits per heavy atom. The highest BCUT2D eigenvalue weighted by Gasteiger charge is 2.15. The summed E-state index contributed by atoms with van der Waals surface area (Å²) in [5, 5.41) is 6.01. The predicted molar refractivity (Wildman–Crippen MR) is 128 cm³/mol. The monoisotopic (exact) mass is 502 g/mol. The van der Waals surface area contributed by atoms with Crippen molar-refractivity contribution in [3.05, 3.63) is 74.1 Å². The maximum Gasteiger partial charge on any atom is 0.339 e. The van der Waals surface area contributed by atoms with E-state index in [1.165, 1.54) is 11.8 Å². The number of nitrogens with zero attached hydrogens (tertiary/aromatic N) is 2. The molecule has 3 rings (SSSR count). The van der Waals surface area contributed by atoms with Gasteiger partial charge in [-0.15, -0.1) is 0 Å². The lowest BCUT2D eigenvalue weighted by atomic mass is 10.0. The molecule has 3 aromatic rings. The SMILES string of the molecule is COC(=O)c1cc(Cc2nn(COCC[Si](C)(C)C)c(=O)c3ccccc23)ccc1Br. The molecule has 0 fully saturated rings. The number of rotatable bonds is 8. The fourth-order valence-electron chi connectivity index (χ4n) is 3.19. The first-order chi connectivity index (χ1) is 14.7. The molecule has 0 amide bonds. The van der Waals surface area contributed by atoms with Crippen molar-refractivity contribution in [3.63, 3.8) is 0 Å². The third kappa shape index (κ3) is 5.90. The molecule has 1 aromatic heterocycles. The normalized spacial score (nSPS) is 11.6. The molecule has 0 saturated carbocycles. The molecule has 0 N–H and O–H groups in total. The maximum absolute atomic E-state index is 12.9. The van der Waals surface area contributed by atoms with Crippen LogP contribution in [0.25, 0.3) is 10.8 Å². The molecule has 31 heavy (non-hydrogen) atoms. The molecule has 0 bridgehead atoms. The quantitative estimate of drug-likeness (QED) is 0.250. The average Bonchev–Trinajstić information content (AvgIpc) is 2.74. The van der Waals surface area contributed by atoms with Crippen molar-refractivity contribution < 1.29 is 14.3 Å². The van der Waals surface area contributed by atoms with Crippen molar-refractivity contribution in [3.8, 4) is 0 Å². The Labute approximate surface area is 191 Å². The van der Waals surface area contributed by atoms with Crippen LogP contribution in [-0.4, -0.2) is 37.5 Å². The average molecular weight is 503 g/mol. The molecule has 0 spiro atoms. The van der Waals surface area contributed by atoms with Crippen LogP contribution >= 0.6 is 15.9 Å². The topological polar surface area (TPSA) is 70.4 Å². The summed E-state index contributed by atoms with van der Waals surface area (Å²) in [6.07, 6.45) is 0.465. The summed E-state index contributed by atoms with van der Waals surface area (Å²) in [6, 6.07) is 14.0. The first-order valence-electron chi connectivity index (χ1n) is 10.1. The molecular weight excluding hydrogens is 476 g/mol. The first-order valence-corrected chi connectivity index (χ1v) is 14.6. The molecule has 6 nitrogen and oxygen atoms in total. The summed E-state index contributed by atoms with van der Waals surface area (Å²) in [6.45, 7) is 7.59. The standard InChI is InChI=1S/C23H27BrN2O4Si/c1-29-23(28)19-13-16(9-10-20(19)24)14-21-17-7-5-6-8-18(17)22(27)26(25-21)15-30-11-12-31(2,3)4/h5-10,13H,11-12,14-15H2,1-4H3. The summed E-state index contributed by atoms with van der Waals surface area (Å²) in [7, 11) is 0.144. The Bertz CT molecular complexity index is 1150. The van der Waals surface area contributed by atoms with Gasteiger partial charge in [-0.3, -0.25) is 4.79 Å². The number of hydrogen-bond donors (Lipinski definition) is 0. The van der Waals surface area contributed by atoms with E-state index in [0.717, 1.165) is 22.7 Å². The van der Waals surface area contributed by atoms with Crippen LogP contribution < -0.4 is 5.56 Å². The van der Waals surface area contributed by atoms with E-state index in [2.05, 4.69) is 40.7 Å². The van der Waals surface area contributed by atoms with Crippen molar-refractivity contribution in [1.82, 2.24) is 9.78 Å². The number of fused-ring (bicyclic) bond motifs is 1. The van der Waals surface area contributed by atoms with Gasteiger partial charge < -0.3 is 9.47 Å². The van der Waals surface area contributed by atoms with E-state index >= 15 is 0 Å². The number of carbonyl (C=O) groups excluding carboxylic acids is 1. The van der Waals surface area contributed by atoms with E-state index in [0.29, 0.717) is 28.5 Å². The maximum atomic E-state index is 12.9. The number of halogens is 1. The Hall–Kier alpha value is -2.29. The zero-order valence-corrected chi connectivity index (χ0v) is 20.9. The fourth-order valence-corrected chi connectivity index (χ4v) is 4.36. The zero-order valence-electron chi connectivity index (χ0n) is 18.3. The van der Waals surface area contributed by atoms with Gasteiger partial charge in [0.1, 0.15) is 6.73 Å². The van der Waals surface area contributed by atoms with Gasteiger partial charge in [0.05, 0.1) is 23.8 Å². The Morgan fingerprint density at radius 3 is 2.52 bits per heavy atom. The summed E-state index contributed by atoms with van der Waals surface area (Å²) in [5.41, 5.74) is 1.93. The molecule has 0 radical (unpaired) electrons. The lowest BCUT2D eigenvalue weighted by Crippen LogP contribution is -2.27. The van der Waals surface area contributed by atoms with Gasteiger partial charge in [0.15, 0.2) is 0 Å². The second-order valence-corrected chi connectivity index (χ2v) is 15.1. The lowest BCUT2D eigenvalue weighted by molar-refractivity contribution is 0.0599. The largest absolute Gasteiger partial charge is 0.465 e. The van der Waals surface area contributed by atoms with E-state index in [-0.39, 0.29) is 12.3 Å². The Balaban J connectivity index is 1.94. The van der Waals surface area contributed by atoms with Crippen LogP contribution in [0.15, 0.2) is 51.7 Å². The van der Waals surface area contributed by atoms with E-state index in [4.69, 9.17) is 9.47 Å². The van der Waals surface area contributed by atoms with Gasteiger partial charge in [0.2, 0.25) is 0 Å². The minimum Gasteiger partial charge on any atom is -0.465 e. The minimum absolute atomic E-state index is 0.120. The van der Waals surface area contributed by atoms with Gasteiger partial charge in [0.25, 0.3) is 5.56 Å². The molecule has 0 unspecified atom stereocenters. The van der Waals surface area contributed by atoms with Crippen molar-refractivity contribution in [2.24, 2.45) is 0 Å². The minimum atomic E-state index is -1.21. The van der Waals surface area contributed by atoms with Crippen LogP contribution in [0.1, 0.15) is 21.6 Å². The van der Waals surface area contributed by atoms with Crippen molar-refractivity contribution >= 4 is 40.7 Å². The lowest BCUT2D eigenvalue weighted by Gasteiger charge is -2.16. The molecule has 0 aliphatic carbocycles. The summed E-state index contributed by atoms with van der Waals surface area (Å²) >= 11 is 3.39. The van der Waals surface area contributed by atoms with Crippen LogP contribution in [0.2, 0.25) is 25.7 Å². The number of aromatic nitrogens is 2. The smallest absolute Gasteiger partial charge is 0.339 e. The Morgan fingerprint density at radius 2 is 1.84 bits per heavy atom. The first kappa shape index (κ1) is 23.4. The number of benzene rings is 2. The van der Waals surface area contributed by atoms with Crippen LogP contribution in [0.4, 0.5) is 0 Å².